The third-order valence-electron chi connectivity index (χ3n) is 10.1. The van der Waals surface area contributed by atoms with Gasteiger partial charge in [-0.05, 0) is 118 Å². The number of aryl methyl sites for hydroxylation is 1. The molecule has 0 bridgehead atoms. The average Bonchev–Trinajstić information content (AvgIpc) is 3.57. The summed E-state index contributed by atoms with van der Waals surface area (Å²) in [7, 11) is 0. The summed E-state index contributed by atoms with van der Waals surface area (Å²) in [5, 5.41) is 2.59. The molecule has 8 aromatic carbocycles. The lowest BCUT2D eigenvalue weighted by Crippen LogP contribution is -2.09. The minimum absolute atomic E-state index is 0.896. The molecule has 52 heavy (non-hydrogen) atoms. The van der Waals surface area contributed by atoms with E-state index in [4.69, 9.17) is 0 Å². The summed E-state index contributed by atoms with van der Waals surface area (Å²) in [6.07, 6.45) is 0.896. The molecule has 0 fully saturated rings. The van der Waals surface area contributed by atoms with Crippen LogP contribution in [0.2, 0.25) is 0 Å². The van der Waals surface area contributed by atoms with Crippen molar-refractivity contribution in [2.45, 2.75) is 13.3 Å². The number of anilines is 3. The first kappa shape index (κ1) is 31.7. The Bertz CT molecular complexity index is 2640. The van der Waals surface area contributed by atoms with Crippen molar-refractivity contribution >= 4 is 48.6 Å². The minimum atomic E-state index is 0.896. The van der Waals surface area contributed by atoms with E-state index in [0.29, 0.717) is 0 Å². The van der Waals surface area contributed by atoms with Gasteiger partial charge >= 0.3 is 0 Å². The molecule has 0 aliphatic rings. The number of nitrogens with zero attached hydrogens (tertiary/aromatic N) is 1. The van der Waals surface area contributed by atoms with Gasteiger partial charge < -0.3 is 4.90 Å². The highest BCUT2D eigenvalue weighted by atomic mass is 32.1. The lowest BCUT2D eigenvalue weighted by Gasteiger charge is -2.26. The van der Waals surface area contributed by atoms with Crippen LogP contribution in [0.4, 0.5) is 17.1 Å². The molecule has 1 aromatic heterocycles. The van der Waals surface area contributed by atoms with Gasteiger partial charge in [0.25, 0.3) is 0 Å². The van der Waals surface area contributed by atoms with Gasteiger partial charge in [-0.25, -0.2) is 0 Å². The Hall–Kier alpha value is -6.22. The molecule has 248 valence electrons. The summed E-state index contributed by atoms with van der Waals surface area (Å²) >= 11 is 1.86. The van der Waals surface area contributed by atoms with Crippen molar-refractivity contribution in [2.75, 3.05) is 4.90 Å². The van der Waals surface area contributed by atoms with E-state index in [2.05, 4.69) is 206 Å². The van der Waals surface area contributed by atoms with E-state index in [0.717, 1.165) is 23.5 Å². The Morgan fingerprint density at radius 2 is 0.923 bits per heavy atom. The zero-order chi connectivity index (χ0) is 34.9. The Kier molecular flexibility index (Phi) is 8.44. The Morgan fingerprint density at radius 1 is 0.404 bits per heavy atom. The van der Waals surface area contributed by atoms with Crippen LogP contribution in [0.3, 0.4) is 0 Å². The molecule has 0 N–H and O–H groups in total. The van der Waals surface area contributed by atoms with E-state index in [-0.39, 0.29) is 0 Å². The van der Waals surface area contributed by atoms with Gasteiger partial charge in [0.15, 0.2) is 0 Å². The highest BCUT2D eigenvalue weighted by molar-refractivity contribution is 7.25. The largest absolute Gasteiger partial charge is 0.310 e. The van der Waals surface area contributed by atoms with Crippen molar-refractivity contribution in [1.29, 1.82) is 0 Å². The molecular weight excluding hydrogens is 647 g/mol. The van der Waals surface area contributed by atoms with Crippen LogP contribution in [0.5, 0.6) is 0 Å². The van der Waals surface area contributed by atoms with Gasteiger partial charge in [0.2, 0.25) is 0 Å². The van der Waals surface area contributed by atoms with E-state index >= 15 is 0 Å². The number of thiophene rings is 1. The molecule has 0 aliphatic heterocycles. The van der Waals surface area contributed by atoms with Crippen LogP contribution in [-0.4, -0.2) is 0 Å². The van der Waals surface area contributed by atoms with Crippen LogP contribution >= 0.6 is 11.3 Å². The zero-order valence-corrected chi connectivity index (χ0v) is 29.9. The van der Waals surface area contributed by atoms with E-state index in [1.165, 1.54) is 70.2 Å². The van der Waals surface area contributed by atoms with Crippen molar-refractivity contribution in [3.05, 3.63) is 211 Å². The van der Waals surface area contributed by atoms with Gasteiger partial charge in [0, 0.05) is 37.2 Å². The predicted octanol–water partition coefficient (Wildman–Crippen LogP) is 14.4. The first-order valence-electron chi connectivity index (χ1n) is 17.9. The highest BCUT2D eigenvalue weighted by Gasteiger charge is 2.16. The number of hydrogen-bond donors (Lipinski definition) is 0. The molecule has 2 heteroatoms. The Balaban J connectivity index is 1.02. The molecule has 9 rings (SSSR count). The number of para-hydroxylation sites is 1. The quantitative estimate of drug-likeness (QED) is 0.154. The fourth-order valence-electron chi connectivity index (χ4n) is 7.39. The second-order valence-electron chi connectivity index (χ2n) is 13.4. The topological polar surface area (TPSA) is 3.24 Å². The monoisotopic (exact) mass is 683 g/mol. The second-order valence-corrected chi connectivity index (χ2v) is 14.5. The molecule has 0 radical (unpaired) electrons. The molecule has 1 heterocycles. The number of fused-ring (bicyclic) bond motifs is 3. The fourth-order valence-corrected chi connectivity index (χ4v) is 8.46. The van der Waals surface area contributed by atoms with E-state index in [1.807, 2.05) is 11.3 Å². The van der Waals surface area contributed by atoms with Crippen molar-refractivity contribution in [3.63, 3.8) is 0 Å². The Labute approximate surface area is 309 Å². The van der Waals surface area contributed by atoms with E-state index in [1.54, 1.807) is 0 Å². The predicted molar refractivity (Wildman–Crippen MR) is 224 cm³/mol. The van der Waals surface area contributed by atoms with Crippen LogP contribution in [0, 0.1) is 6.92 Å². The van der Waals surface area contributed by atoms with Crippen LogP contribution in [0.1, 0.15) is 16.7 Å². The van der Waals surface area contributed by atoms with Gasteiger partial charge in [0.1, 0.15) is 0 Å². The molecule has 0 atom stereocenters. The standard InChI is InChI=1S/C50H37NS/c1-35-12-8-10-18-45(35)46-19-11-9-15-41(46)32-36-20-22-38(23-21-36)39-24-27-43(28-25-39)51(42-16-6-3-7-17-42)44-29-31-50-48(34-44)47-33-40(26-30-49(47)52-50)37-13-4-2-5-14-37/h2-31,33-34H,32H2,1H3. The maximum absolute atomic E-state index is 2.36. The number of benzene rings is 8. The molecule has 0 amide bonds. The molecule has 0 spiro atoms. The first-order chi connectivity index (χ1) is 25.7. The molecular formula is C50H37NS. The molecule has 9 aromatic rings. The third-order valence-corrected chi connectivity index (χ3v) is 11.2. The van der Waals surface area contributed by atoms with Crippen LogP contribution < -0.4 is 4.90 Å². The lowest BCUT2D eigenvalue weighted by molar-refractivity contribution is 1.19. The molecule has 0 unspecified atom stereocenters. The molecule has 1 nitrogen and oxygen atoms in total. The normalized spacial score (nSPS) is 11.2. The Morgan fingerprint density at radius 3 is 1.65 bits per heavy atom. The maximum atomic E-state index is 2.36. The lowest BCUT2D eigenvalue weighted by atomic mass is 9.92. The SMILES string of the molecule is Cc1ccccc1-c1ccccc1Cc1ccc(-c2ccc(N(c3ccccc3)c3ccc4sc5ccc(-c6ccccc6)cc5c4c3)cc2)cc1. The summed E-state index contributed by atoms with van der Waals surface area (Å²) in [6, 6.07) is 70.6. The fraction of sp³-hybridized carbons (Fsp3) is 0.0400. The van der Waals surface area contributed by atoms with Gasteiger partial charge in [-0.15, -0.1) is 11.3 Å². The van der Waals surface area contributed by atoms with Gasteiger partial charge in [-0.1, -0.05) is 140 Å². The third kappa shape index (κ3) is 6.19. The summed E-state index contributed by atoms with van der Waals surface area (Å²) in [4.78, 5) is 2.36. The molecule has 0 saturated carbocycles. The second kappa shape index (κ2) is 13.8. The van der Waals surface area contributed by atoms with Crippen molar-refractivity contribution in [1.82, 2.24) is 0 Å². The van der Waals surface area contributed by atoms with Crippen LogP contribution in [-0.2, 0) is 6.42 Å². The van der Waals surface area contributed by atoms with E-state index < -0.39 is 0 Å². The first-order valence-corrected chi connectivity index (χ1v) is 18.7. The summed E-state index contributed by atoms with van der Waals surface area (Å²) in [5.74, 6) is 0. The van der Waals surface area contributed by atoms with Crippen molar-refractivity contribution in [3.8, 4) is 33.4 Å². The van der Waals surface area contributed by atoms with E-state index in [9.17, 15) is 0 Å². The number of rotatable bonds is 8. The summed E-state index contributed by atoms with van der Waals surface area (Å²) < 4.78 is 2.61. The maximum Gasteiger partial charge on any atom is 0.0468 e. The minimum Gasteiger partial charge on any atom is -0.310 e. The average molecular weight is 684 g/mol. The van der Waals surface area contributed by atoms with Crippen molar-refractivity contribution < 1.29 is 0 Å². The summed E-state index contributed by atoms with van der Waals surface area (Å²) in [6.45, 7) is 2.19. The van der Waals surface area contributed by atoms with Gasteiger partial charge in [-0.2, -0.15) is 0 Å². The zero-order valence-electron chi connectivity index (χ0n) is 29.0. The molecule has 0 saturated heterocycles. The summed E-state index contributed by atoms with van der Waals surface area (Å²) in [5.41, 5.74) is 14.9. The van der Waals surface area contributed by atoms with Gasteiger partial charge in [0.05, 0.1) is 0 Å². The van der Waals surface area contributed by atoms with Crippen LogP contribution in [0.25, 0.3) is 53.6 Å². The smallest absolute Gasteiger partial charge is 0.0468 e. The van der Waals surface area contributed by atoms with Crippen LogP contribution in [0.15, 0.2) is 194 Å². The number of hydrogen-bond acceptors (Lipinski definition) is 2. The van der Waals surface area contributed by atoms with Crippen molar-refractivity contribution in [2.24, 2.45) is 0 Å². The molecule has 0 aliphatic carbocycles. The highest BCUT2D eigenvalue weighted by Crippen LogP contribution is 2.42. The van der Waals surface area contributed by atoms with Gasteiger partial charge in [-0.3, -0.25) is 0 Å².